The van der Waals surface area contributed by atoms with Crippen LogP contribution in [-0.4, -0.2) is 32.2 Å². The van der Waals surface area contributed by atoms with Crippen molar-refractivity contribution >= 4 is 11.6 Å². The molecule has 1 aliphatic heterocycles. The number of rotatable bonds is 5. The lowest BCUT2D eigenvalue weighted by atomic mass is 10.2. The van der Waals surface area contributed by atoms with Crippen molar-refractivity contribution < 1.29 is 19.0 Å². The number of imidazole rings is 1. The Morgan fingerprint density at radius 2 is 1.84 bits per heavy atom. The minimum Gasteiger partial charge on any atom is -0.454 e. The number of nitrogens with one attached hydrogen (secondary N) is 1. The summed E-state index contributed by atoms with van der Waals surface area (Å²) < 4.78 is 18.4. The second kappa shape index (κ2) is 8.03. The molecule has 32 heavy (non-hydrogen) atoms. The van der Waals surface area contributed by atoms with Gasteiger partial charge in [-0.2, -0.15) is 4.98 Å². The summed E-state index contributed by atoms with van der Waals surface area (Å²) in [4.78, 5) is 25.6. The summed E-state index contributed by atoms with van der Waals surface area (Å²) in [5.74, 6) is 4.02. The highest BCUT2D eigenvalue weighted by molar-refractivity contribution is 6.04. The summed E-state index contributed by atoms with van der Waals surface area (Å²) >= 11 is 0. The summed E-state index contributed by atoms with van der Waals surface area (Å²) in [5, 5.41) is 2.86. The molecule has 9 nitrogen and oxygen atoms in total. The van der Waals surface area contributed by atoms with E-state index in [1.165, 1.54) is 0 Å². The number of aryl methyl sites for hydroxylation is 2. The minimum absolute atomic E-state index is 0.164. The summed E-state index contributed by atoms with van der Waals surface area (Å²) in [6, 6.07) is 13.9. The molecule has 0 fully saturated rings. The third-order valence-electron chi connectivity index (χ3n) is 4.84. The highest BCUT2D eigenvalue weighted by atomic mass is 16.7. The van der Waals surface area contributed by atoms with Crippen LogP contribution < -0.4 is 19.5 Å². The highest BCUT2D eigenvalue weighted by Gasteiger charge is 2.16. The molecule has 0 saturated carbocycles. The van der Waals surface area contributed by atoms with Gasteiger partial charge in [0.05, 0.1) is 0 Å². The van der Waals surface area contributed by atoms with Crippen LogP contribution in [0.15, 0.2) is 60.9 Å². The second-order valence-corrected chi connectivity index (χ2v) is 7.10. The second-order valence-electron chi connectivity index (χ2n) is 7.10. The Balaban J connectivity index is 1.29. The third kappa shape index (κ3) is 3.95. The van der Waals surface area contributed by atoms with E-state index in [2.05, 4.69) is 20.3 Å². The van der Waals surface area contributed by atoms with E-state index in [4.69, 9.17) is 14.2 Å². The summed E-state index contributed by atoms with van der Waals surface area (Å²) in [6.45, 7) is 3.86. The molecule has 2 aromatic heterocycles. The lowest BCUT2D eigenvalue weighted by Crippen LogP contribution is -2.11. The average molecular weight is 429 g/mol. The number of hydrogen-bond acceptors (Lipinski definition) is 7. The number of anilines is 1. The monoisotopic (exact) mass is 429 g/mol. The zero-order valence-corrected chi connectivity index (χ0v) is 17.4. The van der Waals surface area contributed by atoms with Gasteiger partial charge in [-0.3, -0.25) is 9.36 Å². The van der Waals surface area contributed by atoms with Gasteiger partial charge in [-0.1, -0.05) is 0 Å². The SMILES string of the molecule is Cc1nc(Oc2ccc(NC(=O)c3ccc4c(c3)OCO4)cc2)cc(-n2ccnc2C)n1. The molecule has 0 bridgehead atoms. The first-order valence-electron chi connectivity index (χ1n) is 9.90. The van der Waals surface area contributed by atoms with Crippen molar-refractivity contribution in [2.75, 3.05) is 12.1 Å². The van der Waals surface area contributed by atoms with Crippen molar-refractivity contribution in [3.05, 3.63) is 78.1 Å². The molecule has 4 aromatic rings. The van der Waals surface area contributed by atoms with Gasteiger partial charge in [0.15, 0.2) is 11.5 Å². The number of hydrogen-bond donors (Lipinski definition) is 1. The molecule has 5 rings (SSSR count). The van der Waals surface area contributed by atoms with E-state index >= 15 is 0 Å². The number of carbonyl (C=O) groups is 1. The molecule has 9 heteroatoms. The predicted molar refractivity (Wildman–Crippen MR) is 116 cm³/mol. The first-order chi connectivity index (χ1) is 15.5. The van der Waals surface area contributed by atoms with Gasteiger partial charge in [0.2, 0.25) is 12.7 Å². The maximum Gasteiger partial charge on any atom is 0.255 e. The number of nitrogens with zero attached hydrogens (tertiary/aromatic N) is 4. The van der Waals surface area contributed by atoms with E-state index in [0.717, 1.165) is 5.82 Å². The van der Waals surface area contributed by atoms with Crippen molar-refractivity contribution in [1.82, 2.24) is 19.5 Å². The summed E-state index contributed by atoms with van der Waals surface area (Å²) in [7, 11) is 0. The average Bonchev–Trinajstić information content (AvgIpc) is 3.42. The lowest BCUT2D eigenvalue weighted by Gasteiger charge is -2.10. The molecule has 2 aromatic carbocycles. The number of fused-ring (bicyclic) bond motifs is 1. The molecule has 0 atom stereocenters. The van der Waals surface area contributed by atoms with Crippen LogP contribution in [0, 0.1) is 13.8 Å². The van der Waals surface area contributed by atoms with Gasteiger partial charge in [-0.05, 0) is 56.3 Å². The molecule has 0 spiro atoms. The van der Waals surface area contributed by atoms with Crippen LogP contribution in [0.1, 0.15) is 22.0 Å². The smallest absolute Gasteiger partial charge is 0.255 e. The molecule has 1 aliphatic rings. The van der Waals surface area contributed by atoms with Crippen LogP contribution in [0.5, 0.6) is 23.1 Å². The zero-order valence-electron chi connectivity index (χ0n) is 17.4. The van der Waals surface area contributed by atoms with E-state index in [0.29, 0.717) is 46.0 Å². The highest BCUT2D eigenvalue weighted by Crippen LogP contribution is 2.32. The Kier molecular flexibility index (Phi) is 4.91. The van der Waals surface area contributed by atoms with E-state index < -0.39 is 0 Å². The van der Waals surface area contributed by atoms with Crippen LogP contribution in [-0.2, 0) is 0 Å². The van der Waals surface area contributed by atoms with Gasteiger partial charge in [0.25, 0.3) is 5.91 Å². The van der Waals surface area contributed by atoms with E-state index in [1.54, 1.807) is 61.7 Å². The van der Waals surface area contributed by atoms with Gasteiger partial charge >= 0.3 is 0 Å². The first kappa shape index (κ1) is 19.6. The Labute approximate surface area is 183 Å². The van der Waals surface area contributed by atoms with Crippen molar-refractivity contribution in [2.24, 2.45) is 0 Å². The van der Waals surface area contributed by atoms with E-state index in [-0.39, 0.29) is 12.7 Å². The molecule has 0 saturated heterocycles. The van der Waals surface area contributed by atoms with Crippen LogP contribution >= 0.6 is 0 Å². The van der Waals surface area contributed by atoms with Gasteiger partial charge < -0.3 is 19.5 Å². The predicted octanol–water partition coefficient (Wildman–Crippen LogP) is 4.05. The van der Waals surface area contributed by atoms with Gasteiger partial charge in [-0.25, -0.2) is 9.97 Å². The molecule has 3 heterocycles. The Morgan fingerprint density at radius 1 is 1.03 bits per heavy atom. The summed E-state index contributed by atoms with van der Waals surface area (Å²) in [6.07, 6.45) is 3.54. The fourth-order valence-electron chi connectivity index (χ4n) is 3.29. The fraction of sp³-hybridized carbons (Fsp3) is 0.130. The number of amides is 1. The van der Waals surface area contributed by atoms with Crippen LogP contribution in [0.3, 0.4) is 0 Å². The van der Waals surface area contributed by atoms with E-state index in [1.807, 2.05) is 17.7 Å². The van der Waals surface area contributed by atoms with Crippen molar-refractivity contribution in [3.8, 4) is 28.9 Å². The Hall–Kier alpha value is -4.40. The first-order valence-corrected chi connectivity index (χ1v) is 9.90. The number of ether oxygens (including phenoxy) is 3. The number of carbonyl (C=O) groups excluding carboxylic acids is 1. The third-order valence-corrected chi connectivity index (χ3v) is 4.84. The molecular weight excluding hydrogens is 410 g/mol. The Bertz CT molecular complexity index is 1300. The maximum atomic E-state index is 12.5. The largest absolute Gasteiger partial charge is 0.454 e. The van der Waals surface area contributed by atoms with Crippen LogP contribution in [0.25, 0.3) is 5.82 Å². The number of benzene rings is 2. The lowest BCUT2D eigenvalue weighted by molar-refractivity contribution is 0.102. The van der Waals surface area contributed by atoms with Crippen molar-refractivity contribution in [1.29, 1.82) is 0 Å². The molecular formula is C23H19N5O4. The topological polar surface area (TPSA) is 100 Å². The molecule has 0 radical (unpaired) electrons. The van der Waals surface area contributed by atoms with Crippen LogP contribution in [0.4, 0.5) is 5.69 Å². The fourth-order valence-corrected chi connectivity index (χ4v) is 3.29. The van der Waals surface area contributed by atoms with Gasteiger partial charge in [0, 0.05) is 29.7 Å². The van der Waals surface area contributed by atoms with Crippen LogP contribution in [0.2, 0.25) is 0 Å². The summed E-state index contributed by atoms with van der Waals surface area (Å²) in [5.41, 5.74) is 1.11. The molecule has 1 amide bonds. The van der Waals surface area contributed by atoms with E-state index in [9.17, 15) is 4.79 Å². The Morgan fingerprint density at radius 3 is 2.62 bits per heavy atom. The normalized spacial score (nSPS) is 11.9. The molecule has 0 aliphatic carbocycles. The van der Waals surface area contributed by atoms with Gasteiger partial charge in [0.1, 0.15) is 23.2 Å². The van der Waals surface area contributed by atoms with Gasteiger partial charge in [-0.15, -0.1) is 0 Å². The van der Waals surface area contributed by atoms with Crippen molar-refractivity contribution in [3.63, 3.8) is 0 Å². The van der Waals surface area contributed by atoms with Crippen molar-refractivity contribution in [2.45, 2.75) is 13.8 Å². The standard InChI is InChI=1S/C23H19N5O4/c1-14-25-21(28-10-9-24-15(28)2)12-22(26-14)32-18-6-4-17(5-7-18)27-23(29)16-3-8-19-20(11-16)31-13-30-19/h3-12H,13H2,1-2H3,(H,27,29). The quantitative estimate of drug-likeness (QED) is 0.511. The molecule has 160 valence electrons. The number of aromatic nitrogens is 4. The zero-order chi connectivity index (χ0) is 22.1. The molecule has 1 N–H and O–H groups in total. The minimum atomic E-state index is -0.247. The molecule has 0 unspecified atom stereocenters. The maximum absolute atomic E-state index is 12.5.